The molecule has 0 unspecified atom stereocenters. The molecule has 0 radical (unpaired) electrons. The number of benzene rings is 1. The fourth-order valence-electron chi connectivity index (χ4n) is 1.85. The van der Waals surface area contributed by atoms with Crippen molar-refractivity contribution >= 4 is 39.1 Å². The lowest BCUT2D eigenvalue weighted by Gasteiger charge is -2.06. The molecule has 96 valence electrons. The number of halogens is 1. The molecule has 2 heterocycles. The van der Waals surface area contributed by atoms with Crippen LogP contribution in [0.4, 0.5) is 5.95 Å². The van der Waals surface area contributed by atoms with E-state index >= 15 is 0 Å². The number of hydrogen-bond donors (Lipinski definition) is 1. The molecule has 0 saturated heterocycles. The van der Waals surface area contributed by atoms with Crippen LogP contribution in [0.1, 0.15) is 11.1 Å². The summed E-state index contributed by atoms with van der Waals surface area (Å²) in [4.78, 5) is 9.76. The molecule has 0 atom stereocenters. The van der Waals surface area contributed by atoms with Crippen molar-refractivity contribution in [2.24, 2.45) is 0 Å². The van der Waals surface area contributed by atoms with E-state index in [-0.39, 0.29) is 0 Å². The largest absolute Gasteiger partial charge is 0.350 e. The molecule has 0 aliphatic carbocycles. The van der Waals surface area contributed by atoms with E-state index in [9.17, 15) is 0 Å². The number of rotatable bonds is 4. The first-order valence-electron chi connectivity index (χ1n) is 5.93. The third-order valence-electron chi connectivity index (χ3n) is 2.80. The van der Waals surface area contributed by atoms with Gasteiger partial charge in [0.15, 0.2) is 0 Å². The molecule has 0 spiro atoms. The van der Waals surface area contributed by atoms with Crippen LogP contribution in [0.5, 0.6) is 0 Å². The summed E-state index contributed by atoms with van der Waals surface area (Å²) < 4.78 is 0. The van der Waals surface area contributed by atoms with Gasteiger partial charge >= 0.3 is 0 Å². The molecular weight excluding hydrogens is 278 g/mol. The van der Waals surface area contributed by atoms with Gasteiger partial charge in [0.25, 0.3) is 0 Å². The fourth-order valence-corrected chi connectivity index (χ4v) is 2.75. The first-order chi connectivity index (χ1) is 9.35. The van der Waals surface area contributed by atoms with Crippen molar-refractivity contribution in [3.8, 4) is 0 Å². The lowest BCUT2D eigenvalue weighted by Crippen LogP contribution is -2.03. The van der Waals surface area contributed by atoms with Crippen LogP contribution in [0.15, 0.2) is 41.9 Å². The molecule has 0 amide bonds. The minimum absolute atomic E-state index is 0.533. The number of nitrogens with one attached hydrogen (secondary N) is 1. The first kappa shape index (κ1) is 12.4. The third-order valence-corrected chi connectivity index (χ3v) is 3.93. The predicted molar refractivity (Wildman–Crippen MR) is 80.7 cm³/mol. The number of alkyl halides is 1. The smallest absolute Gasteiger partial charge is 0.224 e. The van der Waals surface area contributed by atoms with Crippen LogP contribution < -0.4 is 5.32 Å². The molecule has 1 N–H and O–H groups in total. The van der Waals surface area contributed by atoms with Gasteiger partial charge in [0.2, 0.25) is 5.95 Å². The van der Waals surface area contributed by atoms with Crippen molar-refractivity contribution in [2.45, 2.75) is 12.4 Å². The third kappa shape index (κ3) is 2.85. The van der Waals surface area contributed by atoms with Crippen molar-refractivity contribution in [3.05, 3.63) is 53.0 Å². The topological polar surface area (TPSA) is 37.8 Å². The van der Waals surface area contributed by atoms with Crippen LogP contribution in [0.3, 0.4) is 0 Å². The molecule has 19 heavy (non-hydrogen) atoms. The van der Waals surface area contributed by atoms with Gasteiger partial charge in [0, 0.05) is 24.0 Å². The maximum atomic E-state index is 5.83. The second-order valence-corrected chi connectivity index (χ2v) is 5.34. The van der Waals surface area contributed by atoms with Crippen LogP contribution in [0.2, 0.25) is 0 Å². The van der Waals surface area contributed by atoms with Gasteiger partial charge in [-0.2, -0.15) is 0 Å². The zero-order valence-corrected chi connectivity index (χ0v) is 11.7. The minimum Gasteiger partial charge on any atom is -0.350 e. The van der Waals surface area contributed by atoms with E-state index in [1.54, 1.807) is 11.3 Å². The number of thiophene rings is 1. The Kier molecular flexibility index (Phi) is 3.62. The molecule has 3 rings (SSSR count). The van der Waals surface area contributed by atoms with Crippen LogP contribution in [-0.2, 0) is 12.4 Å². The quantitative estimate of drug-likeness (QED) is 0.737. The SMILES string of the molecule is ClCc1cccc(CNc2ncc3ccsc3n2)c1. The summed E-state index contributed by atoms with van der Waals surface area (Å²) in [7, 11) is 0. The Morgan fingerprint density at radius 2 is 2.11 bits per heavy atom. The lowest BCUT2D eigenvalue weighted by molar-refractivity contribution is 1.07. The molecule has 0 saturated carbocycles. The molecular formula is C14H12ClN3S. The molecule has 0 fully saturated rings. The van der Waals surface area contributed by atoms with Gasteiger partial charge in [-0.25, -0.2) is 9.97 Å². The van der Waals surface area contributed by atoms with Gasteiger partial charge in [0.1, 0.15) is 4.83 Å². The number of aromatic nitrogens is 2. The standard InChI is InChI=1S/C14H12ClN3S/c15-7-10-2-1-3-11(6-10)8-16-14-17-9-12-4-5-19-13(12)18-14/h1-6,9H,7-8H2,(H,16,17,18). The van der Waals surface area contributed by atoms with Gasteiger partial charge in [-0.1, -0.05) is 24.3 Å². The molecule has 0 aliphatic heterocycles. The number of hydrogen-bond acceptors (Lipinski definition) is 4. The highest BCUT2D eigenvalue weighted by atomic mass is 35.5. The summed E-state index contributed by atoms with van der Waals surface area (Å²) in [5.74, 6) is 1.19. The normalized spacial score (nSPS) is 10.8. The molecule has 3 aromatic rings. The number of nitrogens with zero attached hydrogens (tertiary/aromatic N) is 2. The van der Waals surface area contributed by atoms with Crippen molar-refractivity contribution in [1.29, 1.82) is 0 Å². The van der Waals surface area contributed by atoms with Crippen molar-refractivity contribution < 1.29 is 0 Å². The highest BCUT2D eigenvalue weighted by Crippen LogP contribution is 2.18. The average Bonchev–Trinajstić information content (AvgIpc) is 2.93. The molecule has 5 heteroatoms. The highest BCUT2D eigenvalue weighted by Gasteiger charge is 2.01. The van der Waals surface area contributed by atoms with E-state index in [1.165, 1.54) is 5.56 Å². The van der Waals surface area contributed by atoms with Crippen LogP contribution in [0.25, 0.3) is 10.2 Å². The van der Waals surface area contributed by atoms with Gasteiger partial charge in [-0.15, -0.1) is 22.9 Å². The summed E-state index contributed by atoms with van der Waals surface area (Å²) in [5.41, 5.74) is 2.30. The lowest BCUT2D eigenvalue weighted by atomic mass is 10.1. The van der Waals surface area contributed by atoms with E-state index in [0.29, 0.717) is 18.4 Å². The van der Waals surface area contributed by atoms with Crippen molar-refractivity contribution in [1.82, 2.24) is 9.97 Å². The van der Waals surface area contributed by atoms with E-state index in [0.717, 1.165) is 15.8 Å². The van der Waals surface area contributed by atoms with Gasteiger partial charge in [0.05, 0.1) is 0 Å². The van der Waals surface area contributed by atoms with Gasteiger partial charge in [-0.3, -0.25) is 0 Å². The summed E-state index contributed by atoms with van der Waals surface area (Å²) in [5, 5.41) is 6.34. The van der Waals surface area contributed by atoms with Crippen LogP contribution in [0, 0.1) is 0 Å². The maximum Gasteiger partial charge on any atom is 0.224 e. The Balaban J connectivity index is 1.74. The molecule has 2 aromatic heterocycles. The van der Waals surface area contributed by atoms with Crippen molar-refractivity contribution in [2.75, 3.05) is 5.32 Å². The van der Waals surface area contributed by atoms with Gasteiger partial charge in [-0.05, 0) is 22.6 Å². The highest BCUT2D eigenvalue weighted by molar-refractivity contribution is 7.16. The zero-order chi connectivity index (χ0) is 13.1. The summed E-state index contributed by atoms with van der Waals surface area (Å²) >= 11 is 7.45. The van der Waals surface area contributed by atoms with E-state index in [4.69, 9.17) is 11.6 Å². The van der Waals surface area contributed by atoms with E-state index < -0.39 is 0 Å². The molecule has 0 aliphatic rings. The van der Waals surface area contributed by atoms with Crippen LogP contribution >= 0.6 is 22.9 Å². The van der Waals surface area contributed by atoms with E-state index in [1.807, 2.05) is 29.8 Å². The monoisotopic (exact) mass is 289 g/mol. The maximum absolute atomic E-state index is 5.83. The Bertz CT molecular complexity index is 696. The second-order valence-electron chi connectivity index (χ2n) is 4.18. The number of fused-ring (bicyclic) bond motifs is 1. The predicted octanol–water partition coefficient (Wildman–Crippen LogP) is 4.04. The minimum atomic E-state index is 0.533. The van der Waals surface area contributed by atoms with E-state index in [2.05, 4.69) is 27.4 Å². The first-order valence-corrected chi connectivity index (χ1v) is 7.34. The Labute approximate surface area is 120 Å². The van der Waals surface area contributed by atoms with Gasteiger partial charge < -0.3 is 5.32 Å². The second kappa shape index (κ2) is 5.55. The summed E-state index contributed by atoms with van der Waals surface area (Å²) in [6, 6.07) is 10.2. The molecule has 1 aromatic carbocycles. The summed E-state index contributed by atoms with van der Waals surface area (Å²) in [6.45, 7) is 0.696. The summed E-state index contributed by atoms with van der Waals surface area (Å²) in [6.07, 6.45) is 1.84. The fraction of sp³-hybridized carbons (Fsp3) is 0.143. The van der Waals surface area contributed by atoms with Crippen molar-refractivity contribution in [3.63, 3.8) is 0 Å². The number of anilines is 1. The Morgan fingerprint density at radius 1 is 1.21 bits per heavy atom. The molecule has 0 bridgehead atoms. The Morgan fingerprint density at radius 3 is 3.00 bits per heavy atom. The zero-order valence-electron chi connectivity index (χ0n) is 10.1. The molecule has 3 nitrogen and oxygen atoms in total. The Hall–Kier alpha value is -1.65. The average molecular weight is 290 g/mol. The van der Waals surface area contributed by atoms with Crippen LogP contribution in [-0.4, -0.2) is 9.97 Å².